The number of carbonyl (C=O) groups excluding carboxylic acids is 4. The Balaban J connectivity index is 2.55. The third-order valence-electron chi connectivity index (χ3n) is 6.93. The molecule has 0 bridgehead atoms. The van der Waals surface area contributed by atoms with Gasteiger partial charge in [0.1, 0.15) is 23.4 Å². The Kier molecular flexibility index (Phi) is 13.5. The zero-order valence-corrected chi connectivity index (χ0v) is 26.4. The van der Waals surface area contributed by atoms with Crippen molar-refractivity contribution in [2.24, 2.45) is 5.73 Å². The SMILES string of the molecule is CCCCCCCCN(C(=O)C(CC(N)=O)NC(=O)OC(C)(C)C)C(C(=O)Nc1c(C)cccc1C)c1ccc(O)cc1. The van der Waals surface area contributed by atoms with Crippen LogP contribution in [0.4, 0.5) is 10.5 Å². The third kappa shape index (κ3) is 11.6. The fraction of sp³-hybridized carbons (Fsp3) is 0.515. The van der Waals surface area contributed by atoms with Crippen LogP contribution in [-0.4, -0.2) is 52.0 Å². The summed E-state index contributed by atoms with van der Waals surface area (Å²) in [6.07, 6.45) is 4.29. The molecule has 0 saturated carbocycles. The average molecular weight is 597 g/mol. The van der Waals surface area contributed by atoms with Gasteiger partial charge in [-0.3, -0.25) is 14.4 Å². The molecule has 2 aromatic rings. The molecule has 43 heavy (non-hydrogen) atoms. The maximum absolute atomic E-state index is 14.2. The molecule has 2 rings (SSSR count). The number of aromatic hydroxyl groups is 1. The topological polar surface area (TPSA) is 151 Å². The van der Waals surface area contributed by atoms with Crippen molar-refractivity contribution in [3.8, 4) is 5.75 Å². The second kappa shape index (κ2) is 16.5. The summed E-state index contributed by atoms with van der Waals surface area (Å²) in [6.45, 7) is 11.1. The number of hydrogen-bond acceptors (Lipinski definition) is 6. The molecule has 0 heterocycles. The lowest BCUT2D eigenvalue weighted by molar-refractivity contribution is -0.142. The summed E-state index contributed by atoms with van der Waals surface area (Å²) in [6, 6.07) is 9.20. The maximum atomic E-state index is 14.2. The first-order valence-electron chi connectivity index (χ1n) is 15.0. The Hall–Kier alpha value is -4.08. The molecular formula is C33H48N4O6. The number of rotatable bonds is 15. The molecule has 0 aromatic heterocycles. The van der Waals surface area contributed by atoms with Crippen molar-refractivity contribution >= 4 is 29.5 Å². The fourth-order valence-electron chi connectivity index (χ4n) is 4.81. The fourth-order valence-corrected chi connectivity index (χ4v) is 4.81. The van der Waals surface area contributed by atoms with Gasteiger partial charge in [0.2, 0.25) is 11.8 Å². The lowest BCUT2D eigenvalue weighted by atomic mass is 10.00. The minimum Gasteiger partial charge on any atom is -0.508 e. The number of benzene rings is 2. The Morgan fingerprint density at radius 1 is 0.930 bits per heavy atom. The predicted molar refractivity (Wildman–Crippen MR) is 167 cm³/mol. The van der Waals surface area contributed by atoms with Crippen LogP contribution in [0.25, 0.3) is 0 Å². The number of alkyl carbamates (subject to hydrolysis) is 1. The molecule has 2 atom stereocenters. The van der Waals surface area contributed by atoms with Crippen molar-refractivity contribution in [1.82, 2.24) is 10.2 Å². The highest BCUT2D eigenvalue weighted by molar-refractivity contribution is 6.00. The van der Waals surface area contributed by atoms with Crippen molar-refractivity contribution in [3.05, 3.63) is 59.2 Å². The van der Waals surface area contributed by atoms with E-state index in [0.717, 1.165) is 43.2 Å². The van der Waals surface area contributed by atoms with Gasteiger partial charge in [0.05, 0.1) is 6.42 Å². The Morgan fingerprint density at radius 3 is 2.07 bits per heavy atom. The van der Waals surface area contributed by atoms with Gasteiger partial charge in [-0.25, -0.2) is 4.79 Å². The number of anilines is 1. The van der Waals surface area contributed by atoms with Crippen LogP contribution in [0.3, 0.4) is 0 Å². The van der Waals surface area contributed by atoms with Gasteiger partial charge in [0.15, 0.2) is 0 Å². The molecular weight excluding hydrogens is 548 g/mol. The van der Waals surface area contributed by atoms with E-state index in [-0.39, 0.29) is 12.3 Å². The van der Waals surface area contributed by atoms with E-state index in [1.807, 2.05) is 32.0 Å². The van der Waals surface area contributed by atoms with Gasteiger partial charge in [-0.2, -0.15) is 0 Å². The Bertz CT molecular complexity index is 1220. The van der Waals surface area contributed by atoms with Crippen molar-refractivity contribution in [2.45, 2.75) is 104 Å². The Morgan fingerprint density at radius 2 is 1.51 bits per heavy atom. The van der Waals surface area contributed by atoms with Crippen molar-refractivity contribution in [3.63, 3.8) is 0 Å². The monoisotopic (exact) mass is 596 g/mol. The largest absolute Gasteiger partial charge is 0.508 e. The molecule has 0 saturated heterocycles. The normalized spacial score (nSPS) is 12.6. The molecule has 0 fully saturated rings. The number of hydrogen-bond donors (Lipinski definition) is 4. The van der Waals surface area contributed by atoms with Crippen LogP contribution in [0.15, 0.2) is 42.5 Å². The number of para-hydroxylation sites is 1. The lowest BCUT2D eigenvalue weighted by Gasteiger charge is -2.34. The van der Waals surface area contributed by atoms with E-state index in [1.165, 1.54) is 17.0 Å². The van der Waals surface area contributed by atoms with E-state index in [0.29, 0.717) is 17.7 Å². The number of phenolic OH excluding ortho intramolecular Hbond substituents is 1. The number of nitrogens with two attached hydrogens (primary N) is 1. The number of aryl methyl sites for hydroxylation is 2. The van der Waals surface area contributed by atoms with E-state index in [2.05, 4.69) is 17.6 Å². The Labute approximate surface area is 255 Å². The summed E-state index contributed by atoms with van der Waals surface area (Å²) < 4.78 is 5.35. The molecule has 0 aliphatic heterocycles. The first kappa shape index (κ1) is 35.1. The van der Waals surface area contributed by atoms with Crippen LogP contribution in [0.2, 0.25) is 0 Å². The molecule has 2 aromatic carbocycles. The van der Waals surface area contributed by atoms with Crippen molar-refractivity contribution in [1.29, 1.82) is 0 Å². The zero-order valence-electron chi connectivity index (χ0n) is 26.4. The van der Waals surface area contributed by atoms with E-state index in [1.54, 1.807) is 32.9 Å². The summed E-state index contributed by atoms with van der Waals surface area (Å²) in [4.78, 5) is 54.5. The highest BCUT2D eigenvalue weighted by atomic mass is 16.6. The van der Waals surface area contributed by atoms with Crippen LogP contribution in [-0.2, 0) is 19.1 Å². The summed E-state index contributed by atoms with van der Waals surface area (Å²) in [7, 11) is 0. The van der Waals surface area contributed by atoms with Crippen LogP contribution in [0, 0.1) is 13.8 Å². The predicted octanol–water partition coefficient (Wildman–Crippen LogP) is 5.65. The molecule has 0 aliphatic rings. The minimum absolute atomic E-state index is 0.00431. The standard InChI is InChI=1S/C33H48N4O6/c1-7-8-9-10-11-12-20-37(31(41)26(21-27(34)39)35-32(42)43-33(4,5)6)29(24-16-18-25(38)19-17-24)30(40)36-28-22(2)14-13-15-23(28)3/h13-19,26,29,38H,7-12,20-21H2,1-6H3,(H2,34,39)(H,35,42)(H,36,40). The minimum atomic E-state index is -1.36. The molecule has 0 spiro atoms. The number of amides is 4. The molecule has 0 radical (unpaired) electrons. The third-order valence-corrected chi connectivity index (χ3v) is 6.93. The number of primary amides is 1. The maximum Gasteiger partial charge on any atom is 0.408 e. The van der Waals surface area contributed by atoms with Crippen LogP contribution < -0.4 is 16.4 Å². The number of nitrogens with zero attached hydrogens (tertiary/aromatic N) is 1. The number of unbranched alkanes of at least 4 members (excludes halogenated alkanes) is 5. The van der Waals surface area contributed by atoms with Gasteiger partial charge >= 0.3 is 6.09 Å². The first-order chi connectivity index (χ1) is 20.2. The van der Waals surface area contributed by atoms with Crippen LogP contribution in [0.5, 0.6) is 5.75 Å². The van der Waals surface area contributed by atoms with Gasteiger partial charge in [-0.1, -0.05) is 69.4 Å². The van der Waals surface area contributed by atoms with Gasteiger partial charge in [0, 0.05) is 12.2 Å². The summed E-state index contributed by atoms with van der Waals surface area (Å²) >= 11 is 0. The van der Waals surface area contributed by atoms with Gasteiger partial charge in [0.25, 0.3) is 5.91 Å². The van der Waals surface area contributed by atoms with E-state index in [9.17, 15) is 24.3 Å². The van der Waals surface area contributed by atoms with E-state index < -0.39 is 47.9 Å². The summed E-state index contributed by atoms with van der Waals surface area (Å²) in [5, 5.41) is 15.5. The highest BCUT2D eigenvalue weighted by Crippen LogP contribution is 2.29. The smallest absolute Gasteiger partial charge is 0.408 e. The second-order valence-corrected chi connectivity index (χ2v) is 11.9. The number of phenols is 1. The molecule has 10 heteroatoms. The van der Waals surface area contributed by atoms with E-state index in [4.69, 9.17) is 10.5 Å². The lowest BCUT2D eigenvalue weighted by Crippen LogP contribution is -2.53. The molecule has 5 N–H and O–H groups in total. The van der Waals surface area contributed by atoms with Gasteiger partial charge in [-0.05, 0) is 69.9 Å². The molecule has 236 valence electrons. The number of nitrogens with one attached hydrogen (secondary N) is 2. The average Bonchev–Trinajstić information content (AvgIpc) is 2.91. The summed E-state index contributed by atoms with van der Waals surface area (Å²) in [5.41, 5.74) is 7.43. The molecule has 10 nitrogen and oxygen atoms in total. The van der Waals surface area contributed by atoms with Crippen molar-refractivity contribution < 1.29 is 29.0 Å². The molecule has 0 aliphatic carbocycles. The number of carbonyl (C=O) groups is 4. The highest BCUT2D eigenvalue weighted by Gasteiger charge is 2.37. The quantitative estimate of drug-likeness (QED) is 0.195. The zero-order chi connectivity index (χ0) is 32.2. The van der Waals surface area contributed by atoms with Crippen LogP contribution >= 0.6 is 0 Å². The number of ether oxygens (including phenoxy) is 1. The van der Waals surface area contributed by atoms with E-state index >= 15 is 0 Å². The van der Waals surface area contributed by atoms with Gasteiger partial charge < -0.3 is 31.1 Å². The molecule has 2 unspecified atom stereocenters. The van der Waals surface area contributed by atoms with Crippen LogP contribution in [0.1, 0.15) is 95.4 Å². The summed E-state index contributed by atoms with van der Waals surface area (Å²) in [5.74, 6) is -1.91. The second-order valence-electron chi connectivity index (χ2n) is 11.9. The van der Waals surface area contributed by atoms with Gasteiger partial charge in [-0.15, -0.1) is 0 Å². The molecule has 4 amide bonds. The first-order valence-corrected chi connectivity index (χ1v) is 15.0. The van der Waals surface area contributed by atoms with Crippen molar-refractivity contribution in [2.75, 3.05) is 11.9 Å².